The topological polar surface area (TPSA) is 111 Å². The van der Waals surface area contributed by atoms with Gasteiger partial charge >= 0.3 is 6.03 Å². The van der Waals surface area contributed by atoms with Crippen molar-refractivity contribution in [1.82, 2.24) is 10.6 Å². The standard InChI is InChI=1S/C16H21N3O5/c1-11-4-2-3-5-14(11)17-16(21)18-15(20)10-24-13-8-6-12(7-9-13)19(22)23/h6-9,11,14H,2-5,10H2,1H3,(H2,17,18,20,21)/t11-,14-/m0/s1. The summed E-state index contributed by atoms with van der Waals surface area (Å²) in [6, 6.07) is 4.92. The van der Waals surface area contributed by atoms with Crippen molar-refractivity contribution in [2.24, 2.45) is 5.92 Å². The van der Waals surface area contributed by atoms with Gasteiger partial charge in [-0.3, -0.25) is 20.2 Å². The number of nitrogens with one attached hydrogen (secondary N) is 2. The predicted octanol–water partition coefficient (Wildman–Crippen LogP) is 2.38. The van der Waals surface area contributed by atoms with Crippen molar-refractivity contribution < 1.29 is 19.2 Å². The summed E-state index contributed by atoms with van der Waals surface area (Å²) in [5.74, 6) is 0.141. The second kappa shape index (κ2) is 8.28. The molecule has 1 saturated carbocycles. The molecule has 8 nitrogen and oxygen atoms in total. The number of nitro benzene ring substituents is 1. The van der Waals surface area contributed by atoms with Crippen LogP contribution in [0.25, 0.3) is 0 Å². The van der Waals surface area contributed by atoms with E-state index in [1.165, 1.54) is 30.7 Å². The molecule has 1 aliphatic carbocycles. The van der Waals surface area contributed by atoms with Gasteiger partial charge in [0.1, 0.15) is 5.75 Å². The van der Waals surface area contributed by atoms with E-state index in [0.717, 1.165) is 19.3 Å². The molecule has 24 heavy (non-hydrogen) atoms. The molecule has 0 bridgehead atoms. The minimum absolute atomic E-state index is 0.0622. The highest BCUT2D eigenvalue weighted by Crippen LogP contribution is 2.23. The lowest BCUT2D eigenvalue weighted by Crippen LogP contribution is -2.48. The molecular weight excluding hydrogens is 314 g/mol. The minimum Gasteiger partial charge on any atom is -0.484 e. The summed E-state index contributed by atoms with van der Waals surface area (Å²) in [6.45, 7) is 1.75. The number of carbonyl (C=O) groups is 2. The normalized spacial score (nSPS) is 20.0. The molecule has 0 aromatic heterocycles. The van der Waals surface area contributed by atoms with Crippen molar-refractivity contribution in [2.45, 2.75) is 38.6 Å². The van der Waals surface area contributed by atoms with Crippen LogP contribution in [0.5, 0.6) is 5.75 Å². The Morgan fingerprint density at radius 1 is 1.25 bits per heavy atom. The largest absolute Gasteiger partial charge is 0.484 e. The summed E-state index contributed by atoms with van der Waals surface area (Å²) in [7, 11) is 0. The van der Waals surface area contributed by atoms with Gasteiger partial charge in [-0.2, -0.15) is 0 Å². The third kappa shape index (κ3) is 5.22. The fraction of sp³-hybridized carbons (Fsp3) is 0.500. The number of nitrogens with zero attached hydrogens (tertiary/aromatic N) is 1. The van der Waals surface area contributed by atoms with Gasteiger partial charge in [0.25, 0.3) is 11.6 Å². The van der Waals surface area contributed by atoms with Gasteiger partial charge in [-0.05, 0) is 30.9 Å². The molecule has 0 saturated heterocycles. The average Bonchev–Trinajstić information content (AvgIpc) is 2.55. The summed E-state index contributed by atoms with van der Waals surface area (Å²) in [5, 5.41) is 15.6. The van der Waals surface area contributed by atoms with Crippen LogP contribution in [0, 0.1) is 16.0 Å². The summed E-state index contributed by atoms with van der Waals surface area (Å²) < 4.78 is 5.20. The first kappa shape index (κ1) is 17.7. The van der Waals surface area contributed by atoms with Gasteiger partial charge in [-0.25, -0.2) is 4.79 Å². The molecule has 130 valence electrons. The highest BCUT2D eigenvalue weighted by Gasteiger charge is 2.23. The van der Waals surface area contributed by atoms with Crippen molar-refractivity contribution in [3.05, 3.63) is 34.4 Å². The third-order valence-electron chi connectivity index (χ3n) is 4.10. The van der Waals surface area contributed by atoms with Crippen LogP contribution in [0.3, 0.4) is 0 Å². The lowest BCUT2D eigenvalue weighted by Gasteiger charge is -2.29. The van der Waals surface area contributed by atoms with E-state index < -0.39 is 16.9 Å². The van der Waals surface area contributed by atoms with Crippen molar-refractivity contribution in [3.63, 3.8) is 0 Å². The molecule has 0 radical (unpaired) electrons. The zero-order valence-electron chi connectivity index (χ0n) is 13.5. The molecule has 1 fully saturated rings. The van der Waals surface area contributed by atoms with Gasteiger partial charge in [0.05, 0.1) is 4.92 Å². The van der Waals surface area contributed by atoms with Crippen molar-refractivity contribution in [1.29, 1.82) is 0 Å². The number of nitro groups is 1. The van der Waals surface area contributed by atoms with Crippen molar-refractivity contribution in [3.8, 4) is 5.75 Å². The van der Waals surface area contributed by atoms with Crippen LogP contribution in [0.1, 0.15) is 32.6 Å². The van der Waals surface area contributed by atoms with E-state index in [1.54, 1.807) is 0 Å². The molecule has 0 unspecified atom stereocenters. The molecule has 1 aromatic rings. The zero-order chi connectivity index (χ0) is 17.5. The molecule has 0 spiro atoms. The van der Waals surface area contributed by atoms with Crippen molar-refractivity contribution in [2.75, 3.05) is 6.61 Å². The summed E-state index contributed by atoms with van der Waals surface area (Å²) >= 11 is 0. The van der Waals surface area contributed by atoms with E-state index in [4.69, 9.17) is 4.74 Å². The molecule has 3 amide bonds. The van der Waals surface area contributed by atoms with Crippen molar-refractivity contribution >= 4 is 17.6 Å². The van der Waals surface area contributed by atoms with E-state index in [-0.39, 0.29) is 18.3 Å². The van der Waals surface area contributed by atoms with E-state index in [2.05, 4.69) is 17.6 Å². The number of non-ortho nitro benzene ring substituents is 1. The molecule has 2 N–H and O–H groups in total. The van der Waals surface area contributed by atoms with Gasteiger partial charge in [0.15, 0.2) is 6.61 Å². The summed E-state index contributed by atoms with van der Waals surface area (Å²) in [5.41, 5.74) is -0.0622. The molecule has 0 aliphatic heterocycles. The number of ether oxygens (including phenoxy) is 1. The number of carbonyl (C=O) groups excluding carboxylic acids is 2. The first-order valence-corrected chi connectivity index (χ1v) is 7.93. The Morgan fingerprint density at radius 2 is 1.92 bits per heavy atom. The Labute approximate surface area is 139 Å². The fourth-order valence-corrected chi connectivity index (χ4v) is 2.71. The maximum absolute atomic E-state index is 11.8. The Bertz CT molecular complexity index is 602. The quantitative estimate of drug-likeness (QED) is 0.634. The van der Waals surface area contributed by atoms with Gasteiger partial charge in [0.2, 0.25) is 0 Å². The number of hydrogen-bond acceptors (Lipinski definition) is 5. The van der Waals surface area contributed by atoms with Crippen LogP contribution in [0.15, 0.2) is 24.3 Å². The van der Waals surface area contributed by atoms with Gasteiger partial charge < -0.3 is 10.1 Å². The molecule has 0 heterocycles. The lowest BCUT2D eigenvalue weighted by atomic mass is 9.86. The number of benzene rings is 1. The lowest BCUT2D eigenvalue weighted by molar-refractivity contribution is -0.384. The highest BCUT2D eigenvalue weighted by molar-refractivity contribution is 5.95. The number of imide groups is 1. The summed E-state index contributed by atoms with van der Waals surface area (Å²) in [6.07, 6.45) is 4.24. The smallest absolute Gasteiger partial charge is 0.321 e. The van der Waals surface area contributed by atoms with Crippen LogP contribution < -0.4 is 15.4 Å². The van der Waals surface area contributed by atoms with Crippen LogP contribution in [-0.2, 0) is 4.79 Å². The second-order valence-corrected chi connectivity index (χ2v) is 5.93. The van der Waals surface area contributed by atoms with Crippen LogP contribution in [0.2, 0.25) is 0 Å². The molecule has 8 heteroatoms. The van der Waals surface area contributed by atoms with E-state index in [0.29, 0.717) is 11.7 Å². The van der Waals surface area contributed by atoms with Gasteiger partial charge in [0, 0.05) is 18.2 Å². The van der Waals surface area contributed by atoms with Crippen LogP contribution in [0.4, 0.5) is 10.5 Å². The van der Waals surface area contributed by atoms with E-state index in [1.807, 2.05) is 0 Å². The first-order valence-electron chi connectivity index (χ1n) is 7.93. The molecule has 1 aromatic carbocycles. The maximum Gasteiger partial charge on any atom is 0.321 e. The fourth-order valence-electron chi connectivity index (χ4n) is 2.71. The van der Waals surface area contributed by atoms with Crippen LogP contribution in [-0.4, -0.2) is 29.5 Å². The van der Waals surface area contributed by atoms with E-state index in [9.17, 15) is 19.7 Å². The Hall–Kier alpha value is -2.64. The second-order valence-electron chi connectivity index (χ2n) is 5.93. The SMILES string of the molecule is C[C@H]1CCCC[C@@H]1NC(=O)NC(=O)COc1ccc([N+](=O)[O-])cc1. The molecule has 2 atom stereocenters. The Balaban J connectivity index is 1.74. The number of amides is 3. The monoisotopic (exact) mass is 335 g/mol. The predicted molar refractivity (Wildman–Crippen MR) is 86.7 cm³/mol. The van der Waals surface area contributed by atoms with E-state index >= 15 is 0 Å². The van der Waals surface area contributed by atoms with Gasteiger partial charge in [-0.1, -0.05) is 19.8 Å². The van der Waals surface area contributed by atoms with Gasteiger partial charge in [-0.15, -0.1) is 0 Å². The minimum atomic E-state index is -0.575. The molecule has 2 rings (SSSR count). The first-order chi connectivity index (χ1) is 11.5. The van der Waals surface area contributed by atoms with Crippen LogP contribution >= 0.6 is 0 Å². The zero-order valence-corrected chi connectivity index (χ0v) is 13.5. The number of rotatable bonds is 5. The number of urea groups is 1. The number of hydrogen-bond donors (Lipinski definition) is 2. The Kier molecular flexibility index (Phi) is 6.11. The maximum atomic E-state index is 11.8. The molecular formula is C16H21N3O5. The highest BCUT2D eigenvalue weighted by atomic mass is 16.6. The Morgan fingerprint density at radius 3 is 2.54 bits per heavy atom. The molecule has 1 aliphatic rings. The third-order valence-corrected chi connectivity index (χ3v) is 4.10. The average molecular weight is 335 g/mol. The summed E-state index contributed by atoms with van der Waals surface area (Å²) in [4.78, 5) is 33.6.